The lowest BCUT2D eigenvalue weighted by molar-refractivity contribution is 0.00849. The van der Waals surface area contributed by atoms with Gasteiger partial charge in [0.15, 0.2) is 0 Å². The molecule has 1 atom stereocenters. The average Bonchev–Trinajstić information content (AvgIpc) is 2.16. The predicted octanol–water partition coefficient (Wildman–Crippen LogP) is 3.02. The van der Waals surface area contributed by atoms with Crippen LogP contribution in [0.4, 0.5) is 4.39 Å². The standard InChI is InChI=1S/C11H14ClFO2/c1-3-11(2,14)7-15-10-5-4-8(13)6-9(10)12/h4-6,14H,3,7H2,1-2H3. The van der Waals surface area contributed by atoms with Crippen LogP contribution < -0.4 is 4.74 Å². The summed E-state index contributed by atoms with van der Waals surface area (Å²) in [6.45, 7) is 3.66. The maximum atomic E-state index is 12.7. The number of rotatable bonds is 4. The number of hydrogen-bond donors (Lipinski definition) is 1. The second-order valence-electron chi connectivity index (χ2n) is 3.71. The third-order valence-corrected chi connectivity index (χ3v) is 2.49. The van der Waals surface area contributed by atoms with Gasteiger partial charge in [-0.3, -0.25) is 0 Å². The van der Waals surface area contributed by atoms with Crippen molar-refractivity contribution in [1.82, 2.24) is 0 Å². The van der Waals surface area contributed by atoms with Gasteiger partial charge in [0.25, 0.3) is 0 Å². The fourth-order valence-corrected chi connectivity index (χ4v) is 1.15. The maximum Gasteiger partial charge on any atom is 0.138 e. The minimum absolute atomic E-state index is 0.134. The van der Waals surface area contributed by atoms with E-state index in [9.17, 15) is 9.50 Å². The van der Waals surface area contributed by atoms with Crippen LogP contribution in [0.2, 0.25) is 5.02 Å². The molecule has 15 heavy (non-hydrogen) atoms. The molecular formula is C11H14ClFO2. The van der Waals surface area contributed by atoms with Crippen LogP contribution in [0, 0.1) is 5.82 Å². The first-order chi connectivity index (χ1) is 6.94. The second kappa shape index (κ2) is 4.81. The molecule has 0 aliphatic carbocycles. The Bertz CT molecular complexity index is 339. The molecule has 1 aromatic carbocycles. The first kappa shape index (κ1) is 12.3. The zero-order chi connectivity index (χ0) is 11.5. The Morgan fingerprint density at radius 3 is 2.73 bits per heavy atom. The number of hydrogen-bond acceptors (Lipinski definition) is 2. The van der Waals surface area contributed by atoms with Gasteiger partial charge in [-0.1, -0.05) is 18.5 Å². The Hall–Kier alpha value is -0.800. The Morgan fingerprint density at radius 2 is 2.20 bits per heavy atom. The van der Waals surface area contributed by atoms with Crippen LogP contribution in [-0.2, 0) is 0 Å². The van der Waals surface area contributed by atoms with Gasteiger partial charge in [0.1, 0.15) is 18.2 Å². The molecule has 1 N–H and O–H groups in total. The summed E-state index contributed by atoms with van der Waals surface area (Å²) in [4.78, 5) is 0. The van der Waals surface area contributed by atoms with E-state index >= 15 is 0 Å². The molecule has 0 bridgehead atoms. The van der Waals surface area contributed by atoms with Crippen LogP contribution in [0.3, 0.4) is 0 Å². The van der Waals surface area contributed by atoms with Crippen molar-refractivity contribution in [3.8, 4) is 5.75 Å². The van der Waals surface area contributed by atoms with Crippen molar-refractivity contribution < 1.29 is 14.2 Å². The Morgan fingerprint density at radius 1 is 1.53 bits per heavy atom. The van der Waals surface area contributed by atoms with Gasteiger partial charge in [-0.2, -0.15) is 0 Å². The fraction of sp³-hybridized carbons (Fsp3) is 0.455. The molecular weight excluding hydrogens is 219 g/mol. The molecule has 0 heterocycles. The highest BCUT2D eigenvalue weighted by Gasteiger charge is 2.19. The topological polar surface area (TPSA) is 29.5 Å². The SMILES string of the molecule is CCC(C)(O)COc1ccc(F)cc1Cl. The molecule has 1 rings (SSSR count). The van der Waals surface area contributed by atoms with Gasteiger partial charge in [0.2, 0.25) is 0 Å². The maximum absolute atomic E-state index is 12.7. The van der Waals surface area contributed by atoms with E-state index in [4.69, 9.17) is 16.3 Å². The van der Waals surface area contributed by atoms with Crippen LogP contribution in [0.25, 0.3) is 0 Å². The summed E-state index contributed by atoms with van der Waals surface area (Å²) < 4.78 is 18.0. The van der Waals surface area contributed by atoms with Gasteiger partial charge in [0.05, 0.1) is 10.6 Å². The highest BCUT2D eigenvalue weighted by Crippen LogP contribution is 2.25. The quantitative estimate of drug-likeness (QED) is 0.865. The normalized spacial score (nSPS) is 14.7. The summed E-state index contributed by atoms with van der Waals surface area (Å²) >= 11 is 5.75. The van der Waals surface area contributed by atoms with E-state index in [1.54, 1.807) is 6.92 Å². The summed E-state index contributed by atoms with van der Waals surface area (Å²) in [6.07, 6.45) is 0.575. The average molecular weight is 233 g/mol. The van der Waals surface area contributed by atoms with E-state index in [1.165, 1.54) is 18.2 Å². The number of aliphatic hydroxyl groups is 1. The second-order valence-corrected chi connectivity index (χ2v) is 4.12. The summed E-state index contributed by atoms with van der Waals surface area (Å²) in [5, 5.41) is 9.90. The zero-order valence-corrected chi connectivity index (χ0v) is 9.51. The first-order valence-electron chi connectivity index (χ1n) is 4.75. The molecule has 2 nitrogen and oxygen atoms in total. The number of benzene rings is 1. The van der Waals surface area contributed by atoms with Gasteiger partial charge in [0, 0.05) is 0 Å². The summed E-state index contributed by atoms with van der Waals surface area (Å²) in [5.41, 5.74) is -0.891. The molecule has 0 aliphatic rings. The molecule has 4 heteroatoms. The molecule has 0 fully saturated rings. The highest BCUT2D eigenvalue weighted by atomic mass is 35.5. The molecule has 1 unspecified atom stereocenters. The van der Waals surface area contributed by atoms with Crippen LogP contribution in [0.15, 0.2) is 18.2 Å². The first-order valence-corrected chi connectivity index (χ1v) is 5.12. The largest absolute Gasteiger partial charge is 0.489 e. The Labute approximate surface area is 93.6 Å². The van der Waals surface area contributed by atoms with Gasteiger partial charge in [-0.15, -0.1) is 0 Å². The van der Waals surface area contributed by atoms with E-state index in [1.807, 2.05) is 6.92 Å². The minimum Gasteiger partial charge on any atom is -0.489 e. The third kappa shape index (κ3) is 3.68. The van der Waals surface area contributed by atoms with Crippen molar-refractivity contribution >= 4 is 11.6 Å². The van der Waals surface area contributed by atoms with Crippen molar-refractivity contribution in [3.63, 3.8) is 0 Å². The van der Waals surface area contributed by atoms with E-state index in [0.717, 1.165) is 0 Å². The van der Waals surface area contributed by atoms with Crippen molar-refractivity contribution in [1.29, 1.82) is 0 Å². The van der Waals surface area contributed by atoms with Gasteiger partial charge >= 0.3 is 0 Å². The summed E-state index contributed by atoms with van der Waals surface area (Å²) in [5.74, 6) is -0.0265. The predicted molar refractivity (Wildman–Crippen MR) is 57.8 cm³/mol. The van der Waals surface area contributed by atoms with Crippen LogP contribution in [-0.4, -0.2) is 17.3 Å². The minimum atomic E-state index is -0.891. The van der Waals surface area contributed by atoms with E-state index in [2.05, 4.69) is 0 Å². The highest BCUT2D eigenvalue weighted by molar-refractivity contribution is 6.32. The third-order valence-electron chi connectivity index (χ3n) is 2.19. The number of ether oxygens (including phenoxy) is 1. The lowest BCUT2D eigenvalue weighted by Crippen LogP contribution is -2.31. The van der Waals surface area contributed by atoms with Crippen LogP contribution in [0.1, 0.15) is 20.3 Å². The Kier molecular flexibility index (Phi) is 3.94. The molecule has 0 amide bonds. The summed E-state index contributed by atoms with van der Waals surface area (Å²) in [6, 6.07) is 3.89. The molecule has 0 saturated carbocycles. The van der Waals surface area contributed by atoms with E-state index in [-0.39, 0.29) is 11.6 Å². The molecule has 0 aliphatic heterocycles. The van der Waals surface area contributed by atoms with Gasteiger partial charge in [-0.25, -0.2) is 4.39 Å². The monoisotopic (exact) mass is 232 g/mol. The van der Waals surface area contributed by atoms with Crippen molar-refractivity contribution in [2.24, 2.45) is 0 Å². The molecule has 0 saturated heterocycles. The van der Waals surface area contributed by atoms with Crippen molar-refractivity contribution in [3.05, 3.63) is 29.0 Å². The van der Waals surface area contributed by atoms with E-state index < -0.39 is 11.4 Å². The van der Waals surface area contributed by atoms with Crippen molar-refractivity contribution in [2.45, 2.75) is 25.9 Å². The van der Waals surface area contributed by atoms with E-state index in [0.29, 0.717) is 12.2 Å². The zero-order valence-electron chi connectivity index (χ0n) is 8.76. The molecule has 0 aromatic heterocycles. The molecule has 1 aromatic rings. The van der Waals surface area contributed by atoms with Crippen LogP contribution >= 0.6 is 11.6 Å². The van der Waals surface area contributed by atoms with Gasteiger partial charge < -0.3 is 9.84 Å². The fourth-order valence-electron chi connectivity index (χ4n) is 0.928. The molecule has 0 radical (unpaired) electrons. The van der Waals surface area contributed by atoms with Gasteiger partial charge in [-0.05, 0) is 31.5 Å². The molecule has 0 spiro atoms. The lowest BCUT2D eigenvalue weighted by Gasteiger charge is -2.21. The number of halogens is 2. The smallest absolute Gasteiger partial charge is 0.138 e. The summed E-state index contributed by atoms with van der Waals surface area (Å²) in [7, 11) is 0. The Balaban J connectivity index is 2.66. The lowest BCUT2D eigenvalue weighted by atomic mass is 10.1. The van der Waals surface area contributed by atoms with Crippen LogP contribution in [0.5, 0.6) is 5.75 Å². The van der Waals surface area contributed by atoms with Crippen molar-refractivity contribution in [2.75, 3.05) is 6.61 Å². The molecule has 84 valence electrons.